The van der Waals surface area contributed by atoms with E-state index in [0.29, 0.717) is 11.8 Å². The van der Waals surface area contributed by atoms with Crippen LogP contribution in [0.15, 0.2) is 48.5 Å². The number of likely N-dealkylation sites (tertiary alicyclic amines) is 1. The Kier molecular flexibility index (Phi) is 4.85. The predicted octanol–water partition coefficient (Wildman–Crippen LogP) is 4.91. The highest BCUT2D eigenvalue weighted by molar-refractivity contribution is 5.32. The molecule has 2 bridgehead atoms. The number of benzene rings is 2. The van der Waals surface area contributed by atoms with Gasteiger partial charge in [0.25, 0.3) is 0 Å². The Bertz CT molecular complexity index is 726. The molecule has 2 unspecified atom stereocenters. The first kappa shape index (κ1) is 17.7. The second kappa shape index (κ2) is 7.13. The number of hydrogen-bond acceptors (Lipinski definition) is 2. The average Bonchev–Trinajstić information content (AvgIpc) is 2.61. The monoisotopic (exact) mass is 353 g/mol. The highest BCUT2D eigenvalue weighted by atomic mass is 19.1. The molecule has 2 nitrogen and oxygen atoms in total. The van der Waals surface area contributed by atoms with Crippen molar-refractivity contribution in [3.63, 3.8) is 0 Å². The van der Waals surface area contributed by atoms with Crippen LogP contribution >= 0.6 is 0 Å². The molecule has 26 heavy (non-hydrogen) atoms. The van der Waals surface area contributed by atoms with Crippen molar-refractivity contribution >= 4 is 0 Å². The minimum absolute atomic E-state index is 0.152. The summed E-state index contributed by atoms with van der Waals surface area (Å²) >= 11 is 0. The Morgan fingerprint density at radius 3 is 2.38 bits per heavy atom. The lowest BCUT2D eigenvalue weighted by atomic mass is 9.62. The maximum Gasteiger partial charge on any atom is 0.123 e. The van der Waals surface area contributed by atoms with E-state index in [1.807, 2.05) is 14.0 Å². The van der Waals surface area contributed by atoms with Crippen LogP contribution in [0.1, 0.15) is 36.0 Å². The molecule has 138 valence electrons. The summed E-state index contributed by atoms with van der Waals surface area (Å²) in [4.78, 5) is 2.56. The SMILES string of the molecule is COC1(c2cc(C)cc(F)c2)C2CCCC1CN(Cc1ccccc1)C2. The Labute approximate surface area is 156 Å². The normalized spacial score (nSPS) is 28.9. The van der Waals surface area contributed by atoms with E-state index < -0.39 is 0 Å². The first-order valence-electron chi connectivity index (χ1n) is 9.71. The summed E-state index contributed by atoms with van der Waals surface area (Å²) in [5, 5.41) is 0. The van der Waals surface area contributed by atoms with Gasteiger partial charge in [-0.1, -0.05) is 42.8 Å². The van der Waals surface area contributed by atoms with E-state index in [9.17, 15) is 4.39 Å². The fourth-order valence-electron chi connectivity index (χ4n) is 5.38. The first-order chi connectivity index (χ1) is 12.6. The number of ether oxygens (including phenoxy) is 1. The molecule has 1 saturated heterocycles. The van der Waals surface area contributed by atoms with Crippen molar-refractivity contribution in [2.75, 3.05) is 20.2 Å². The third kappa shape index (κ3) is 3.08. The van der Waals surface area contributed by atoms with Crippen molar-refractivity contribution in [2.24, 2.45) is 11.8 Å². The summed E-state index contributed by atoms with van der Waals surface area (Å²) in [5.74, 6) is 0.663. The van der Waals surface area contributed by atoms with Gasteiger partial charge in [-0.3, -0.25) is 4.90 Å². The molecule has 2 aliphatic rings. The molecule has 0 N–H and O–H groups in total. The number of hydrogen-bond donors (Lipinski definition) is 0. The number of nitrogens with zero attached hydrogens (tertiary/aromatic N) is 1. The summed E-state index contributed by atoms with van der Waals surface area (Å²) in [7, 11) is 1.82. The van der Waals surface area contributed by atoms with E-state index in [0.717, 1.165) is 43.6 Å². The van der Waals surface area contributed by atoms with Crippen LogP contribution in [-0.2, 0) is 16.9 Å². The van der Waals surface area contributed by atoms with Crippen LogP contribution < -0.4 is 0 Å². The van der Waals surface area contributed by atoms with Gasteiger partial charge >= 0.3 is 0 Å². The summed E-state index contributed by atoms with van der Waals surface area (Å²) in [6.45, 7) is 4.97. The van der Waals surface area contributed by atoms with Crippen molar-refractivity contribution < 1.29 is 9.13 Å². The van der Waals surface area contributed by atoms with Gasteiger partial charge in [0.15, 0.2) is 0 Å². The van der Waals surface area contributed by atoms with Gasteiger partial charge in [-0.2, -0.15) is 0 Å². The van der Waals surface area contributed by atoms with Crippen LogP contribution in [0.4, 0.5) is 4.39 Å². The van der Waals surface area contributed by atoms with E-state index >= 15 is 0 Å². The molecule has 0 spiro atoms. The van der Waals surface area contributed by atoms with Crippen LogP contribution in [0.25, 0.3) is 0 Å². The summed E-state index contributed by atoms with van der Waals surface area (Å²) in [6.07, 6.45) is 3.53. The molecular formula is C23H28FNO. The molecule has 2 fully saturated rings. The molecule has 2 atom stereocenters. The zero-order valence-corrected chi connectivity index (χ0v) is 15.7. The fourth-order valence-corrected chi connectivity index (χ4v) is 5.38. The summed E-state index contributed by atoms with van der Waals surface area (Å²) in [5.41, 5.74) is 3.02. The molecule has 1 heterocycles. The molecule has 1 aliphatic carbocycles. The van der Waals surface area contributed by atoms with Crippen LogP contribution in [0, 0.1) is 24.6 Å². The van der Waals surface area contributed by atoms with Crippen LogP contribution in [0.2, 0.25) is 0 Å². The Hall–Kier alpha value is -1.71. The van der Waals surface area contributed by atoms with Crippen LogP contribution in [-0.4, -0.2) is 25.1 Å². The van der Waals surface area contributed by atoms with Crippen molar-refractivity contribution in [2.45, 2.75) is 38.3 Å². The second-order valence-electron chi connectivity index (χ2n) is 8.02. The van der Waals surface area contributed by atoms with Gasteiger partial charge in [0, 0.05) is 38.6 Å². The van der Waals surface area contributed by atoms with E-state index in [4.69, 9.17) is 4.74 Å². The quantitative estimate of drug-likeness (QED) is 0.774. The number of piperidine rings is 1. The lowest BCUT2D eigenvalue weighted by Gasteiger charge is -2.55. The smallest absolute Gasteiger partial charge is 0.123 e. The van der Waals surface area contributed by atoms with Gasteiger partial charge in [-0.25, -0.2) is 4.39 Å². The van der Waals surface area contributed by atoms with Crippen molar-refractivity contribution in [1.82, 2.24) is 4.90 Å². The number of aryl methyl sites for hydroxylation is 1. The largest absolute Gasteiger partial charge is 0.373 e. The van der Waals surface area contributed by atoms with Gasteiger partial charge in [-0.05, 0) is 48.6 Å². The van der Waals surface area contributed by atoms with Crippen molar-refractivity contribution in [3.8, 4) is 0 Å². The van der Waals surface area contributed by atoms with Gasteiger partial charge in [0.2, 0.25) is 0 Å². The molecule has 3 heteroatoms. The maximum atomic E-state index is 14.2. The Balaban J connectivity index is 1.65. The minimum Gasteiger partial charge on any atom is -0.373 e. The third-order valence-corrected chi connectivity index (χ3v) is 6.36. The summed E-state index contributed by atoms with van der Waals surface area (Å²) < 4.78 is 20.4. The molecule has 1 aliphatic heterocycles. The second-order valence-corrected chi connectivity index (χ2v) is 8.02. The highest BCUT2D eigenvalue weighted by Gasteiger charge is 2.53. The van der Waals surface area contributed by atoms with Crippen LogP contribution in [0.5, 0.6) is 0 Å². The zero-order chi connectivity index (χ0) is 18.1. The van der Waals surface area contributed by atoms with Gasteiger partial charge in [0.05, 0.1) is 0 Å². The molecule has 0 radical (unpaired) electrons. The number of halogens is 1. The molecule has 0 aromatic heterocycles. The molecule has 1 saturated carbocycles. The Morgan fingerprint density at radius 1 is 1.08 bits per heavy atom. The molecule has 4 rings (SSSR count). The van der Waals surface area contributed by atoms with Gasteiger partial charge in [0.1, 0.15) is 11.4 Å². The minimum atomic E-state index is -0.349. The summed E-state index contributed by atoms with van der Waals surface area (Å²) in [6, 6.07) is 16.1. The number of methoxy groups -OCH3 is 1. The van der Waals surface area contributed by atoms with E-state index in [2.05, 4.69) is 41.3 Å². The number of fused-ring (bicyclic) bond motifs is 2. The fraction of sp³-hybridized carbons (Fsp3) is 0.478. The van der Waals surface area contributed by atoms with Crippen LogP contribution in [0.3, 0.4) is 0 Å². The van der Waals surface area contributed by atoms with E-state index in [1.54, 1.807) is 12.1 Å². The average molecular weight is 353 g/mol. The molecular weight excluding hydrogens is 325 g/mol. The Morgan fingerprint density at radius 2 is 1.77 bits per heavy atom. The standard InChI is InChI=1S/C23H28FNO/c1-17-11-21(13-22(24)12-17)23(26-2)19-9-6-10-20(23)16-25(15-19)14-18-7-4-3-5-8-18/h3-5,7-8,11-13,19-20H,6,9-10,14-16H2,1-2H3. The lowest BCUT2D eigenvalue weighted by Crippen LogP contribution is -2.58. The van der Waals surface area contributed by atoms with Crippen molar-refractivity contribution in [3.05, 3.63) is 71.0 Å². The highest BCUT2D eigenvalue weighted by Crippen LogP contribution is 2.51. The molecule has 2 aromatic rings. The zero-order valence-electron chi connectivity index (χ0n) is 15.7. The topological polar surface area (TPSA) is 12.5 Å². The molecule has 0 amide bonds. The first-order valence-corrected chi connectivity index (χ1v) is 9.71. The van der Waals surface area contributed by atoms with Gasteiger partial charge in [-0.15, -0.1) is 0 Å². The molecule has 2 aromatic carbocycles. The van der Waals surface area contributed by atoms with E-state index in [-0.39, 0.29) is 11.4 Å². The lowest BCUT2D eigenvalue weighted by molar-refractivity contribution is -0.170. The van der Waals surface area contributed by atoms with E-state index in [1.165, 1.54) is 12.0 Å². The predicted molar refractivity (Wildman–Crippen MR) is 102 cm³/mol. The number of rotatable bonds is 4. The van der Waals surface area contributed by atoms with Gasteiger partial charge < -0.3 is 4.74 Å². The maximum absolute atomic E-state index is 14.2. The third-order valence-electron chi connectivity index (χ3n) is 6.36. The van der Waals surface area contributed by atoms with Crippen molar-refractivity contribution in [1.29, 1.82) is 0 Å².